The lowest BCUT2D eigenvalue weighted by atomic mass is 10.1. The highest BCUT2D eigenvalue weighted by Crippen LogP contribution is 2.17. The van der Waals surface area contributed by atoms with Gasteiger partial charge >= 0.3 is 0 Å². The SMILES string of the molecule is CC(NCCc1nccn1C)c1cc(F)ccc1F. The normalized spacial score (nSPS) is 12.6. The van der Waals surface area contributed by atoms with Gasteiger partial charge in [0.1, 0.15) is 17.5 Å². The lowest BCUT2D eigenvalue weighted by Gasteiger charge is -2.15. The van der Waals surface area contributed by atoms with Crippen molar-refractivity contribution in [1.29, 1.82) is 0 Å². The molecule has 1 aromatic carbocycles. The second-order valence-corrected chi connectivity index (χ2v) is 4.55. The topological polar surface area (TPSA) is 29.9 Å². The second kappa shape index (κ2) is 5.93. The number of rotatable bonds is 5. The minimum absolute atomic E-state index is 0.240. The summed E-state index contributed by atoms with van der Waals surface area (Å²) < 4.78 is 28.6. The van der Waals surface area contributed by atoms with Crippen molar-refractivity contribution in [2.75, 3.05) is 6.54 Å². The number of hydrogen-bond acceptors (Lipinski definition) is 2. The van der Waals surface area contributed by atoms with Crippen LogP contribution in [0.5, 0.6) is 0 Å². The molecule has 0 aliphatic rings. The molecule has 102 valence electrons. The van der Waals surface area contributed by atoms with Gasteiger partial charge in [0.05, 0.1) is 0 Å². The fourth-order valence-electron chi connectivity index (χ4n) is 1.99. The molecule has 1 unspecified atom stereocenters. The van der Waals surface area contributed by atoms with E-state index in [-0.39, 0.29) is 6.04 Å². The Morgan fingerprint density at radius 1 is 1.37 bits per heavy atom. The summed E-state index contributed by atoms with van der Waals surface area (Å²) in [6, 6.07) is 3.27. The van der Waals surface area contributed by atoms with Gasteiger partial charge in [-0.1, -0.05) is 0 Å². The Hall–Kier alpha value is -1.75. The van der Waals surface area contributed by atoms with Crippen molar-refractivity contribution in [3.8, 4) is 0 Å². The third-order valence-electron chi connectivity index (χ3n) is 3.14. The van der Waals surface area contributed by atoms with Crippen LogP contribution in [-0.2, 0) is 13.5 Å². The summed E-state index contributed by atoms with van der Waals surface area (Å²) in [5.41, 5.74) is 0.347. The average molecular weight is 265 g/mol. The third kappa shape index (κ3) is 3.38. The maximum Gasteiger partial charge on any atom is 0.128 e. The van der Waals surface area contributed by atoms with Gasteiger partial charge in [0.25, 0.3) is 0 Å². The highest BCUT2D eigenvalue weighted by Gasteiger charge is 2.11. The number of nitrogens with one attached hydrogen (secondary N) is 1. The lowest BCUT2D eigenvalue weighted by molar-refractivity contribution is 0.516. The van der Waals surface area contributed by atoms with Gasteiger partial charge < -0.3 is 9.88 Å². The predicted octanol–water partition coefficient (Wildman–Crippen LogP) is 2.59. The van der Waals surface area contributed by atoms with Crippen LogP contribution in [0.15, 0.2) is 30.6 Å². The first kappa shape index (κ1) is 13.7. The summed E-state index contributed by atoms with van der Waals surface area (Å²) in [5, 5.41) is 3.17. The molecule has 19 heavy (non-hydrogen) atoms. The van der Waals surface area contributed by atoms with Gasteiger partial charge in [-0.05, 0) is 25.1 Å². The number of imidazole rings is 1. The summed E-state index contributed by atoms with van der Waals surface area (Å²) in [5.74, 6) is 0.145. The zero-order valence-corrected chi connectivity index (χ0v) is 11.0. The molecule has 1 heterocycles. The molecule has 5 heteroatoms. The quantitative estimate of drug-likeness (QED) is 0.900. The zero-order chi connectivity index (χ0) is 13.8. The number of benzene rings is 1. The van der Waals surface area contributed by atoms with E-state index in [0.29, 0.717) is 12.1 Å². The molecule has 0 saturated heterocycles. The summed E-state index contributed by atoms with van der Waals surface area (Å²) in [6.45, 7) is 2.47. The summed E-state index contributed by atoms with van der Waals surface area (Å²) >= 11 is 0. The molecule has 0 aliphatic carbocycles. The van der Waals surface area contributed by atoms with Crippen LogP contribution in [0.1, 0.15) is 24.4 Å². The number of nitrogens with zero attached hydrogens (tertiary/aromatic N) is 2. The van der Waals surface area contributed by atoms with Crippen LogP contribution in [0.25, 0.3) is 0 Å². The van der Waals surface area contributed by atoms with E-state index in [9.17, 15) is 8.78 Å². The largest absolute Gasteiger partial charge is 0.338 e. The Bertz CT molecular complexity index is 551. The fraction of sp³-hybridized carbons (Fsp3) is 0.357. The van der Waals surface area contributed by atoms with Gasteiger partial charge in [-0.25, -0.2) is 13.8 Å². The number of aromatic nitrogens is 2. The van der Waals surface area contributed by atoms with Crippen molar-refractivity contribution >= 4 is 0 Å². The van der Waals surface area contributed by atoms with Crippen molar-refractivity contribution in [1.82, 2.24) is 14.9 Å². The van der Waals surface area contributed by atoms with Crippen molar-refractivity contribution in [2.45, 2.75) is 19.4 Å². The van der Waals surface area contributed by atoms with Crippen LogP contribution in [0, 0.1) is 11.6 Å². The van der Waals surface area contributed by atoms with E-state index in [1.807, 2.05) is 24.7 Å². The van der Waals surface area contributed by atoms with E-state index in [1.54, 1.807) is 6.20 Å². The molecule has 1 atom stereocenters. The Kier molecular flexibility index (Phi) is 4.27. The van der Waals surface area contributed by atoms with Crippen LogP contribution in [0.3, 0.4) is 0 Å². The molecule has 1 N–H and O–H groups in total. The van der Waals surface area contributed by atoms with Gasteiger partial charge in [-0.3, -0.25) is 0 Å². The van der Waals surface area contributed by atoms with Gasteiger partial charge in [-0.2, -0.15) is 0 Å². The maximum absolute atomic E-state index is 13.6. The molecule has 0 amide bonds. The fourth-order valence-corrected chi connectivity index (χ4v) is 1.99. The number of halogens is 2. The smallest absolute Gasteiger partial charge is 0.128 e. The zero-order valence-electron chi connectivity index (χ0n) is 11.0. The van der Waals surface area contributed by atoms with Crippen molar-refractivity contribution in [3.05, 3.63) is 53.6 Å². The van der Waals surface area contributed by atoms with Gasteiger partial charge in [0, 0.05) is 44.0 Å². The van der Waals surface area contributed by atoms with E-state index >= 15 is 0 Å². The second-order valence-electron chi connectivity index (χ2n) is 4.55. The third-order valence-corrected chi connectivity index (χ3v) is 3.14. The standard InChI is InChI=1S/C14H17F2N3/c1-10(12-9-11(15)3-4-13(12)16)17-6-5-14-18-7-8-19(14)2/h3-4,7-10,17H,5-6H2,1-2H3. The predicted molar refractivity (Wildman–Crippen MR) is 69.7 cm³/mol. The Labute approximate surface area is 111 Å². The lowest BCUT2D eigenvalue weighted by Crippen LogP contribution is -2.23. The number of aryl methyl sites for hydroxylation is 1. The van der Waals surface area contributed by atoms with Crippen LogP contribution in [-0.4, -0.2) is 16.1 Å². The van der Waals surface area contributed by atoms with Crippen LogP contribution in [0.4, 0.5) is 8.78 Å². The highest BCUT2D eigenvalue weighted by molar-refractivity contribution is 5.21. The molecular formula is C14H17F2N3. The summed E-state index contributed by atoms with van der Waals surface area (Å²) in [7, 11) is 1.93. The number of hydrogen-bond donors (Lipinski definition) is 1. The molecule has 0 saturated carbocycles. The Balaban J connectivity index is 1.92. The first-order chi connectivity index (χ1) is 9.08. The molecule has 1 aromatic heterocycles. The van der Waals surface area contributed by atoms with E-state index in [4.69, 9.17) is 0 Å². The van der Waals surface area contributed by atoms with Crippen LogP contribution in [0.2, 0.25) is 0 Å². The highest BCUT2D eigenvalue weighted by atomic mass is 19.1. The maximum atomic E-state index is 13.6. The molecule has 0 spiro atoms. The van der Waals surface area contributed by atoms with Crippen LogP contribution < -0.4 is 5.32 Å². The van der Waals surface area contributed by atoms with Crippen molar-refractivity contribution in [3.63, 3.8) is 0 Å². The van der Waals surface area contributed by atoms with Gasteiger partial charge in [0.2, 0.25) is 0 Å². The summed E-state index contributed by atoms with van der Waals surface area (Å²) in [6.07, 6.45) is 4.36. The van der Waals surface area contributed by atoms with Crippen molar-refractivity contribution < 1.29 is 8.78 Å². The minimum atomic E-state index is -0.422. The molecule has 3 nitrogen and oxygen atoms in total. The molecule has 0 fully saturated rings. The van der Waals surface area contributed by atoms with E-state index < -0.39 is 11.6 Å². The molecule has 0 bridgehead atoms. The first-order valence-corrected chi connectivity index (χ1v) is 6.22. The molecule has 0 aliphatic heterocycles. The Morgan fingerprint density at radius 3 is 2.84 bits per heavy atom. The van der Waals surface area contributed by atoms with Gasteiger partial charge in [-0.15, -0.1) is 0 Å². The average Bonchev–Trinajstić information content (AvgIpc) is 2.78. The molecule has 0 radical (unpaired) electrons. The minimum Gasteiger partial charge on any atom is -0.338 e. The van der Waals surface area contributed by atoms with Crippen molar-refractivity contribution in [2.24, 2.45) is 7.05 Å². The molecule has 2 rings (SSSR count). The first-order valence-electron chi connectivity index (χ1n) is 6.22. The Morgan fingerprint density at radius 2 is 2.16 bits per heavy atom. The summed E-state index contributed by atoms with van der Waals surface area (Å²) in [4.78, 5) is 4.21. The van der Waals surface area contributed by atoms with E-state index in [0.717, 1.165) is 24.4 Å². The molecular weight excluding hydrogens is 248 g/mol. The van der Waals surface area contributed by atoms with E-state index in [2.05, 4.69) is 10.3 Å². The van der Waals surface area contributed by atoms with Gasteiger partial charge in [0.15, 0.2) is 0 Å². The van der Waals surface area contributed by atoms with E-state index in [1.165, 1.54) is 6.07 Å². The van der Waals surface area contributed by atoms with Crippen LogP contribution >= 0.6 is 0 Å². The monoisotopic (exact) mass is 265 g/mol. The molecule has 2 aromatic rings.